The van der Waals surface area contributed by atoms with E-state index in [4.69, 9.17) is 14.2 Å². The van der Waals surface area contributed by atoms with Crippen molar-refractivity contribution in [1.82, 2.24) is 4.90 Å². The third-order valence-electron chi connectivity index (χ3n) is 4.79. The Hall–Kier alpha value is -2.73. The lowest BCUT2D eigenvalue weighted by molar-refractivity contribution is 0.00102. The number of piperidine rings is 1. The minimum absolute atomic E-state index is 0.0602. The molecule has 2 heterocycles. The first-order valence-corrected chi connectivity index (χ1v) is 9.39. The minimum atomic E-state index is -0.111. The maximum atomic E-state index is 12.6. The van der Waals surface area contributed by atoms with E-state index in [9.17, 15) is 4.79 Å². The summed E-state index contributed by atoms with van der Waals surface area (Å²) in [5, 5.41) is 2.95. The van der Waals surface area contributed by atoms with Gasteiger partial charge in [-0.25, -0.2) is 4.79 Å². The van der Waals surface area contributed by atoms with Crippen molar-refractivity contribution >= 4 is 11.7 Å². The first-order chi connectivity index (χ1) is 13.3. The predicted molar refractivity (Wildman–Crippen MR) is 102 cm³/mol. The normalized spacial score (nSPS) is 18.8. The molecule has 2 aromatic rings. The van der Waals surface area contributed by atoms with E-state index in [1.807, 2.05) is 35.2 Å². The van der Waals surface area contributed by atoms with Crippen molar-refractivity contribution in [2.45, 2.75) is 25.6 Å². The lowest BCUT2D eigenvalue weighted by Crippen LogP contribution is -2.45. The summed E-state index contributed by atoms with van der Waals surface area (Å²) in [6.45, 7) is 2.99. The second kappa shape index (κ2) is 8.31. The van der Waals surface area contributed by atoms with Crippen LogP contribution in [0.5, 0.6) is 11.5 Å². The third-order valence-corrected chi connectivity index (χ3v) is 4.79. The number of hydrogen-bond donors (Lipinski definition) is 1. The lowest BCUT2D eigenvalue weighted by atomic mass is 10.1. The topological polar surface area (TPSA) is 60.0 Å². The van der Waals surface area contributed by atoms with E-state index in [1.54, 1.807) is 6.07 Å². The maximum absolute atomic E-state index is 12.6. The number of urea groups is 1. The number of amides is 2. The number of fused-ring (bicyclic) bond motifs is 1. The molecule has 0 bridgehead atoms. The van der Waals surface area contributed by atoms with E-state index in [0.717, 1.165) is 24.9 Å². The Morgan fingerprint density at radius 3 is 2.78 bits per heavy atom. The smallest absolute Gasteiger partial charge is 0.321 e. The number of nitrogens with zero attached hydrogens (tertiary/aromatic N) is 1. The molecule has 2 amide bonds. The maximum Gasteiger partial charge on any atom is 0.321 e. The highest BCUT2D eigenvalue weighted by Gasteiger charge is 2.24. The molecule has 1 fully saturated rings. The van der Waals surface area contributed by atoms with Crippen molar-refractivity contribution in [2.75, 3.05) is 31.6 Å². The molecule has 6 nitrogen and oxygen atoms in total. The van der Waals surface area contributed by atoms with Crippen molar-refractivity contribution in [3.05, 3.63) is 54.1 Å². The van der Waals surface area contributed by atoms with Crippen molar-refractivity contribution < 1.29 is 19.0 Å². The van der Waals surface area contributed by atoms with Crippen LogP contribution in [-0.2, 0) is 11.3 Å². The van der Waals surface area contributed by atoms with E-state index in [-0.39, 0.29) is 12.1 Å². The van der Waals surface area contributed by atoms with Gasteiger partial charge in [0.2, 0.25) is 0 Å². The molecule has 0 aliphatic carbocycles. The quantitative estimate of drug-likeness (QED) is 0.895. The molecule has 1 saturated heterocycles. The molecule has 142 valence electrons. The first-order valence-electron chi connectivity index (χ1n) is 9.39. The Labute approximate surface area is 159 Å². The fourth-order valence-corrected chi connectivity index (χ4v) is 3.37. The SMILES string of the molecule is O=C(Nc1ccc2c(c1)OCCO2)N1CCC[C@H](OCc2ccccc2)C1. The lowest BCUT2D eigenvalue weighted by Gasteiger charge is -2.32. The van der Waals surface area contributed by atoms with Crippen LogP contribution in [-0.4, -0.2) is 43.3 Å². The van der Waals surface area contributed by atoms with Crippen LogP contribution >= 0.6 is 0 Å². The van der Waals surface area contributed by atoms with Gasteiger partial charge in [0.1, 0.15) is 13.2 Å². The van der Waals surface area contributed by atoms with Crippen LogP contribution in [0.15, 0.2) is 48.5 Å². The van der Waals surface area contributed by atoms with Crippen LogP contribution in [0.1, 0.15) is 18.4 Å². The van der Waals surface area contributed by atoms with Gasteiger partial charge in [0.05, 0.1) is 12.7 Å². The molecule has 2 aliphatic rings. The summed E-state index contributed by atoms with van der Waals surface area (Å²) in [7, 11) is 0. The average Bonchev–Trinajstić information content (AvgIpc) is 2.73. The van der Waals surface area contributed by atoms with E-state index < -0.39 is 0 Å². The van der Waals surface area contributed by atoms with Crippen LogP contribution in [0.3, 0.4) is 0 Å². The van der Waals surface area contributed by atoms with Crippen LogP contribution in [0.4, 0.5) is 10.5 Å². The highest BCUT2D eigenvalue weighted by molar-refractivity contribution is 5.89. The fraction of sp³-hybridized carbons (Fsp3) is 0.381. The fourth-order valence-electron chi connectivity index (χ4n) is 3.37. The van der Waals surface area contributed by atoms with Crippen LogP contribution in [0, 0.1) is 0 Å². The summed E-state index contributed by atoms with van der Waals surface area (Å²) < 4.78 is 17.1. The van der Waals surface area contributed by atoms with Gasteiger partial charge in [0.25, 0.3) is 0 Å². The molecule has 0 unspecified atom stereocenters. The molecule has 4 rings (SSSR count). The number of nitrogens with one attached hydrogen (secondary N) is 1. The zero-order valence-corrected chi connectivity index (χ0v) is 15.2. The van der Waals surface area contributed by atoms with E-state index in [1.165, 1.54) is 0 Å². The van der Waals surface area contributed by atoms with Crippen molar-refractivity contribution in [3.8, 4) is 11.5 Å². The van der Waals surface area contributed by atoms with E-state index in [2.05, 4.69) is 17.4 Å². The van der Waals surface area contributed by atoms with Gasteiger partial charge in [0.15, 0.2) is 11.5 Å². The molecular formula is C21H24N2O4. The summed E-state index contributed by atoms with van der Waals surface area (Å²) in [6.07, 6.45) is 1.97. The van der Waals surface area contributed by atoms with Crippen molar-refractivity contribution in [3.63, 3.8) is 0 Å². The van der Waals surface area contributed by atoms with Crippen LogP contribution < -0.4 is 14.8 Å². The Balaban J connectivity index is 1.32. The van der Waals surface area contributed by atoms with Crippen molar-refractivity contribution in [2.24, 2.45) is 0 Å². The number of benzene rings is 2. The van der Waals surface area contributed by atoms with Gasteiger partial charge in [-0.05, 0) is 30.5 Å². The van der Waals surface area contributed by atoms with Gasteiger partial charge in [-0.1, -0.05) is 30.3 Å². The largest absolute Gasteiger partial charge is 0.486 e. The summed E-state index contributed by atoms with van der Waals surface area (Å²) in [4.78, 5) is 14.5. The molecule has 2 aliphatic heterocycles. The number of rotatable bonds is 4. The van der Waals surface area contributed by atoms with Gasteiger partial charge in [-0.2, -0.15) is 0 Å². The second-order valence-electron chi connectivity index (χ2n) is 6.80. The molecule has 1 atom stereocenters. The first kappa shape index (κ1) is 17.7. The molecule has 0 radical (unpaired) electrons. The summed E-state index contributed by atoms with van der Waals surface area (Å²) in [5.74, 6) is 1.38. The molecule has 0 spiro atoms. The van der Waals surface area contributed by atoms with Gasteiger partial charge < -0.3 is 24.4 Å². The Kier molecular flexibility index (Phi) is 5.44. The number of carbonyl (C=O) groups excluding carboxylic acids is 1. The summed E-state index contributed by atoms with van der Waals surface area (Å²) in [6, 6.07) is 15.5. The van der Waals surface area contributed by atoms with E-state index in [0.29, 0.717) is 43.6 Å². The minimum Gasteiger partial charge on any atom is -0.486 e. The molecule has 0 aromatic heterocycles. The van der Waals surface area contributed by atoms with Crippen molar-refractivity contribution in [1.29, 1.82) is 0 Å². The zero-order valence-electron chi connectivity index (χ0n) is 15.2. The van der Waals surface area contributed by atoms with Gasteiger partial charge >= 0.3 is 6.03 Å². The molecule has 2 aromatic carbocycles. The molecular weight excluding hydrogens is 344 g/mol. The molecule has 1 N–H and O–H groups in total. The second-order valence-corrected chi connectivity index (χ2v) is 6.80. The highest BCUT2D eigenvalue weighted by atomic mass is 16.6. The van der Waals surface area contributed by atoms with Gasteiger partial charge in [-0.15, -0.1) is 0 Å². The summed E-state index contributed by atoms with van der Waals surface area (Å²) >= 11 is 0. The number of likely N-dealkylation sites (tertiary alicyclic amines) is 1. The monoisotopic (exact) mass is 368 g/mol. The van der Waals surface area contributed by atoms with Crippen LogP contribution in [0.25, 0.3) is 0 Å². The highest BCUT2D eigenvalue weighted by Crippen LogP contribution is 2.32. The zero-order chi connectivity index (χ0) is 18.5. The Morgan fingerprint density at radius 1 is 1.11 bits per heavy atom. The van der Waals surface area contributed by atoms with E-state index >= 15 is 0 Å². The Morgan fingerprint density at radius 2 is 1.93 bits per heavy atom. The molecule has 27 heavy (non-hydrogen) atoms. The third kappa shape index (κ3) is 4.52. The Bertz CT molecular complexity index is 781. The standard InChI is InChI=1S/C21H24N2O4/c24-21(22-17-8-9-19-20(13-17)26-12-11-25-19)23-10-4-7-18(14-23)27-15-16-5-2-1-3-6-16/h1-3,5-6,8-9,13,18H,4,7,10-12,14-15H2,(H,22,24)/t18-/m0/s1. The van der Waals surface area contributed by atoms with Crippen LogP contribution in [0.2, 0.25) is 0 Å². The predicted octanol–water partition coefficient (Wildman–Crippen LogP) is 3.67. The number of anilines is 1. The van der Waals surface area contributed by atoms with Gasteiger partial charge in [0, 0.05) is 24.8 Å². The van der Waals surface area contributed by atoms with Gasteiger partial charge in [-0.3, -0.25) is 0 Å². The number of ether oxygens (including phenoxy) is 3. The molecule has 6 heteroatoms. The summed E-state index contributed by atoms with van der Waals surface area (Å²) in [5.41, 5.74) is 1.85. The number of carbonyl (C=O) groups is 1. The molecule has 0 saturated carbocycles. The number of hydrogen-bond acceptors (Lipinski definition) is 4. The average molecular weight is 368 g/mol.